The van der Waals surface area contributed by atoms with Crippen LogP contribution in [-0.4, -0.2) is 34.8 Å². The molecule has 1 aliphatic heterocycles. The Kier molecular flexibility index (Phi) is 6.29. The van der Waals surface area contributed by atoms with Crippen molar-refractivity contribution in [2.45, 2.75) is 25.7 Å². The zero-order chi connectivity index (χ0) is 19.9. The SMILES string of the molecule is Fc1ccccc1CCNc1nncc(N2CCC(Cc3ccccc3)CC2)n1. The quantitative estimate of drug-likeness (QED) is 0.656. The van der Waals surface area contributed by atoms with Crippen LogP contribution in [0.15, 0.2) is 60.8 Å². The molecule has 0 atom stereocenters. The highest BCUT2D eigenvalue weighted by Crippen LogP contribution is 2.24. The van der Waals surface area contributed by atoms with Gasteiger partial charge in [0.05, 0.1) is 6.20 Å². The Morgan fingerprint density at radius 2 is 1.76 bits per heavy atom. The van der Waals surface area contributed by atoms with Crippen LogP contribution in [0.2, 0.25) is 0 Å². The van der Waals surface area contributed by atoms with E-state index in [0.717, 1.165) is 38.2 Å². The van der Waals surface area contributed by atoms with E-state index in [9.17, 15) is 4.39 Å². The molecule has 3 aromatic rings. The van der Waals surface area contributed by atoms with Crippen molar-refractivity contribution < 1.29 is 4.39 Å². The topological polar surface area (TPSA) is 53.9 Å². The van der Waals surface area contributed by atoms with E-state index in [-0.39, 0.29) is 5.82 Å². The molecule has 29 heavy (non-hydrogen) atoms. The van der Waals surface area contributed by atoms with Crippen molar-refractivity contribution in [2.75, 3.05) is 29.9 Å². The van der Waals surface area contributed by atoms with Gasteiger partial charge in [0.15, 0.2) is 5.82 Å². The smallest absolute Gasteiger partial charge is 0.244 e. The van der Waals surface area contributed by atoms with Crippen LogP contribution in [0.3, 0.4) is 0 Å². The van der Waals surface area contributed by atoms with Crippen LogP contribution in [-0.2, 0) is 12.8 Å². The first kappa shape index (κ1) is 19.3. The summed E-state index contributed by atoms with van der Waals surface area (Å²) in [5.74, 6) is 1.87. The molecule has 4 rings (SSSR count). The van der Waals surface area contributed by atoms with Crippen molar-refractivity contribution in [3.63, 3.8) is 0 Å². The molecular formula is C23H26FN5. The molecule has 0 radical (unpaired) electrons. The molecule has 0 unspecified atom stereocenters. The molecule has 0 bridgehead atoms. The minimum atomic E-state index is -0.180. The molecule has 1 aromatic heterocycles. The number of nitrogens with zero attached hydrogens (tertiary/aromatic N) is 4. The summed E-state index contributed by atoms with van der Waals surface area (Å²) >= 11 is 0. The number of benzene rings is 2. The van der Waals surface area contributed by atoms with E-state index in [2.05, 4.69) is 55.7 Å². The second-order valence-corrected chi connectivity index (χ2v) is 7.53. The van der Waals surface area contributed by atoms with E-state index in [1.54, 1.807) is 18.3 Å². The number of piperidine rings is 1. The number of nitrogens with one attached hydrogen (secondary N) is 1. The van der Waals surface area contributed by atoms with Gasteiger partial charge in [0.2, 0.25) is 5.95 Å². The fourth-order valence-corrected chi connectivity index (χ4v) is 3.85. The number of hydrogen-bond donors (Lipinski definition) is 1. The van der Waals surface area contributed by atoms with Gasteiger partial charge in [-0.3, -0.25) is 0 Å². The summed E-state index contributed by atoms with van der Waals surface area (Å²) in [7, 11) is 0. The Labute approximate surface area is 171 Å². The summed E-state index contributed by atoms with van der Waals surface area (Å²) in [4.78, 5) is 6.88. The first-order chi connectivity index (χ1) is 14.3. The van der Waals surface area contributed by atoms with Crippen molar-refractivity contribution >= 4 is 11.8 Å². The predicted octanol–water partition coefficient (Wildman–Crippen LogP) is 4.12. The number of hydrogen-bond acceptors (Lipinski definition) is 5. The molecule has 2 heterocycles. The van der Waals surface area contributed by atoms with E-state index in [1.807, 2.05) is 6.07 Å². The van der Waals surface area contributed by atoms with Gasteiger partial charge in [-0.15, -0.1) is 5.10 Å². The second kappa shape index (κ2) is 9.45. The molecule has 0 aliphatic carbocycles. The van der Waals surface area contributed by atoms with Gasteiger partial charge < -0.3 is 10.2 Å². The monoisotopic (exact) mass is 391 g/mol. The van der Waals surface area contributed by atoms with Gasteiger partial charge in [0.25, 0.3) is 0 Å². The Morgan fingerprint density at radius 3 is 2.55 bits per heavy atom. The molecule has 2 aromatic carbocycles. The van der Waals surface area contributed by atoms with E-state index < -0.39 is 0 Å². The third kappa shape index (κ3) is 5.28. The van der Waals surface area contributed by atoms with Crippen molar-refractivity contribution in [3.8, 4) is 0 Å². The fraction of sp³-hybridized carbons (Fsp3) is 0.348. The number of rotatable bonds is 7. The van der Waals surface area contributed by atoms with Crippen LogP contribution < -0.4 is 10.2 Å². The van der Waals surface area contributed by atoms with Gasteiger partial charge in [-0.1, -0.05) is 48.5 Å². The zero-order valence-electron chi connectivity index (χ0n) is 16.5. The minimum absolute atomic E-state index is 0.180. The summed E-state index contributed by atoms with van der Waals surface area (Å²) in [6, 6.07) is 17.5. The largest absolute Gasteiger partial charge is 0.355 e. The van der Waals surface area contributed by atoms with E-state index in [1.165, 1.54) is 11.6 Å². The van der Waals surface area contributed by atoms with Gasteiger partial charge in [0, 0.05) is 19.6 Å². The maximum absolute atomic E-state index is 13.7. The number of anilines is 2. The van der Waals surface area contributed by atoms with Gasteiger partial charge in [-0.25, -0.2) is 4.39 Å². The average Bonchev–Trinajstić information content (AvgIpc) is 2.77. The Morgan fingerprint density at radius 1 is 1.00 bits per heavy atom. The Bertz CT molecular complexity index is 910. The lowest BCUT2D eigenvalue weighted by atomic mass is 9.90. The minimum Gasteiger partial charge on any atom is -0.355 e. The first-order valence-corrected chi connectivity index (χ1v) is 10.2. The second-order valence-electron chi connectivity index (χ2n) is 7.53. The molecule has 0 amide bonds. The van der Waals surface area contributed by atoms with Crippen molar-refractivity contribution in [1.29, 1.82) is 0 Å². The fourth-order valence-electron chi connectivity index (χ4n) is 3.85. The molecule has 1 saturated heterocycles. The van der Waals surface area contributed by atoms with E-state index >= 15 is 0 Å². The van der Waals surface area contributed by atoms with Crippen molar-refractivity contribution in [1.82, 2.24) is 15.2 Å². The van der Waals surface area contributed by atoms with E-state index in [4.69, 9.17) is 0 Å². The van der Waals surface area contributed by atoms with Crippen LogP contribution >= 0.6 is 0 Å². The molecule has 0 saturated carbocycles. The zero-order valence-corrected chi connectivity index (χ0v) is 16.5. The summed E-state index contributed by atoms with van der Waals surface area (Å²) in [5, 5.41) is 11.3. The highest BCUT2D eigenvalue weighted by Gasteiger charge is 2.21. The Hall–Kier alpha value is -3.02. The molecule has 150 valence electrons. The summed E-state index contributed by atoms with van der Waals surface area (Å²) < 4.78 is 13.7. The average molecular weight is 391 g/mol. The first-order valence-electron chi connectivity index (χ1n) is 10.2. The van der Waals surface area contributed by atoms with Crippen LogP contribution in [0.5, 0.6) is 0 Å². The molecule has 1 N–H and O–H groups in total. The molecular weight excluding hydrogens is 365 g/mol. The lowest BCUT2D eigenvalue weighted by Crippen LogP contribution is -2.35. The molecule has 1 fully saturated rings. The van der Waals surface area contributed by atoms with E-state index in [0.29, 0.717) is 30.4 Å². The third-order valence-corrected chi connectivity index (χ3v) is 5.49. The van der Waals surface area contributed by atoms with Crippen LogP contribution in [0.1, 0.15) is 24.0 Å². The highest BCUT2D eigenvalue weighted by atomic mass is 19.1. The lowest BCUT2D eigenvalue weighted by Gasteiger charge is -2.32. The molecule has 5 nitrogen and oxygen atoms in total. The molecule has 1 aliphatic rings. The number of halogens is 1. The van der Waals surface area contributed by atoms with Gasteiger partial charge >= 0.3 is 0 Å². The normalized spacial score (nSPS) is 14.7. The van der Waals surface area contributed by atoms with Crippen LogP contribution in [0.25, 0.3) is 0 Å². The molecule has 6 heteroatoms. The van der Waals surface area contributed by atoms with Crippen molar-refractivity contribution in [2.24, 2.45) is 5.92 Å². The maximum atomic E-state index is 13.7. The third-order valence-electron chi connectivity index (χ3n) is 5.49. The highest BCUT2D eigenvalue weighted by molar-refractivity contribution is 5.40. The van der Waals surface area contributed by atoms with Gasteiger partial charge in [-0.2, -0.15) is 10.1 Å². The summed E-state index contributed by atoms with van der Waals surface area (Å²) in [5.41, 5.74) is 2.10. The Balaban J connectivity index is 1.28. The standard InChI is InChI=1S/C23H26FN5/c24-21-9-5-4-8-20(21)10-13-25-23-27-22(17-26-28-23)29-14-11-19(12-15-29)16-18-6-2-1-3-7-18/h1-9,17,19H,10-16H2,(H,25,27,28). The van der Waals surface area contributed by atoms with Crippen molar-refractivity contribution in [3.05, 3.63) is 77.7 Å². The van der Waals surface area contributed by atoms with Crippen LogP contribution in [0, 0.1) is 11.7 Å². The predicted molar refractivity (Wildman–Crippen MR) is 114 cm³/mol. The maximum Gasteiger partial charge on any atom is 0.244 e. The van der Waals surface area contributed by atoms with Gasteiger partial charge in [-0.05, 0) is 48.8 Å². The summed E-state index contributed by atoms with van der Waals surface area (Å²) in [6.07, 6.45) is 5.73. The van der Waals surface area contributed by atoms with Gasteiger partial charge in [0.1, 0.15) is 5.82 Å². The summed E-state index contributed by atoms with van der Waals surface area (Å²) in [6.45, 7) is 2.51. The number of aromatic nitrogens is 3. The lowest BCUT2D eigenvalue weighted by molar-refractivity contribution is 0.402. The van der Waals surface area contributed by atoms with Crippen LogP contribution in [0.4, 0.5) is 16.2 Å². The molecule has 0 spiro atoms.